The van der Waals surface area contributed by atoms with Crippen molar-refractivity contribution >= 4 is 5.97 Å². The second kappa shape index (κ2) is 5.72. The minimum atomic E-state index is -1.99. The quantitative estimate of drug-likeness (QED) is 0.823. The van der Waals surface area contributed by atoms with E-state index in [9.17, 15) is 13.6 Å². The second-order valence-electron chi connectivity index (χ2n) is 3.69. The summed E-state index contributed by atoms with van der Waals surface area (Å²) in [6.07, 6.45) is -1.99. The maximum Gasteiger partial charge on any atom is 0.342 e. The van der Waals surface area contributed by atoms with Crippen LogP contribution in [0.25, 0.3) is 0 Å². The lowest BCUT2D eigenvalue weighted by Crippen LogP contribution is -2.31. The number of rotatable bonds is 4. The van der Waals surface area contributed by atoms with Crippen LogP contribution in [0, 0.1) is 12.7 Å². The molecule has 1 rings (SSSR count). The maximum atomic E-state index is 13.6. The third kappa shape index (κ3) is 3.23. The Hall–Kier alpha value is -1.49. The fourth-order valence-corrected chi connectivity index (χ4v) is 1.35. The van der Waals surface area contributed by atoms with Gasteiger partial charge < -0.3 is 10.5 Å². The molecule has 0 aromatic heterocycles. The highest BCUT2D eigenvalue weighted by Crippen LogP contribution is 2.20. The predicted molar refractivity (Wildman–Crippen MR) is 59.6 cm³/mol. The van der Waals surface area contributed by atoms with Crippen LogP contribution in [0.4, 0.5) is 8.78 Å². The Labute approximate surface area is 98.6 Å². The van der Waals surface area contributed by atoms with Gasteiger partial charge in [-0.2, -0.15) is 0 Å². The van der Waals surface area contributed by atoms with Crippen LogP contribution in [0.1, 0.15) is 24.1 Å². The maximum absolute atomic E-state index is 13.6. The molecule has 0 amide bonds. The van der Waals surface area contributed by atoms with E-state index in [0.29, 0.717) is 5.56 Å². The lowest BCUT2D eigenvalue weighted by Gasteiger charge is -2.16. The van der Waals surface area contributed by atoms with Crippen molar-refractivity contribution in [2.75, 3.05) is 6.61 Å². The first kappa shape index (κ1) is 13.6. The summed E-state index contributed by atoms with van der Waals surface area (Å²) < 4.78 is 31.3. The molecule has 0 radical (unpaired) electrons. The third-order valence-corrected chi connectivity index (χ3v) is 2.41. The van der Waals surface area contributed by atoms with Crippen LogP contribution in [0.3, 0.4) is 0 Å². The molecule has 17 heavy (non-hydrogen) atoms. The number of aryl methyl sites for hydroxylation is 1. The van der Waals surface area contributed by atoms with Crippen LogP contribution >= 0.6 is 0 Å². The van der Waals surface area contributed by atoms with Gasteiger partial charge in [0.25, 0.3) is 0 Å². The van der Waals surface area contributed by atoms with Gasteiger partial charge in [0.1, 0.15) is 5.82 Å². The number of hydrogen-bond donors (Lipinski definition) is 1. The van der Waals surface area contributed by atoms with Gasteiger partial charge in [0, 0.05) is 0 Å². The predicted octanol–water partition coefficient (Wildman–Crippen LogP) is 2.04. The zero-order chi connectivity index (χ0) is 13.0. The summed E-state index contributed by atoms with van der Waals surface area (Å²) in [6, 6.07) is 2.90. The van der Waals surface area contributed by atoms with Crippen molar-refractivity contribution in [3.8, 4) is 0 Å². The first-order valence-corrected chi connectivity index (χ1v) is 5.29. The first-order valence-electron chi connectivity index (χ1n) is 5.29. The zero-order valence-corrected chi connectivity index (χ0v) is 9.74. The Balaban J connectivity index is 2.84. The number of benzene rings is 1. The summed E-state index contributed by atoms with van der Waals surface area (Å²) in [6.45, 7) is 3.23. The number of hydrogen-bond acceptors (Lipinski definition) is 3. The van der Waals surface area contributed by atoms with Gasteiger partial charge in [-0.1, -0.05) is 12.1 Å². The van der Waals surface area contributed by atoms with Crippen LogP contribution in [-0.4, -0.2) is 18.7 Å². The summed E-state index contributed by atoms with van der Waals surface area (Å²) in [5.41, 5.74) is 6.21. The van der Waals surface area contributed by atoms with E-state index in [1.165, 1.54) is 12.1 Å². The van der Waals surface area contributed by atoms with Crippen molar-refractivity contribution < 1.29 is 18.3 Å². The molecule has 0 spiro atoms. The van der Waals surface area contributed by atoms with Gasteiger partial charge >= 0.3 is 5.97 Å². The van der Waals surface area contributed by atoms with E-state index < -0.39 is 24.0 Å². The molecule has 1 unspecified atom stereocenters. The molecule has 0 saturated carbocycles. The van der Waals surface area contributed by atoms with Crippen LogP contribution in [0.15, 0.2) is 18.2 Å². The first-order chi connectivity index (χ1) is 7.97. The number of esters is 1. The SMILES string of the molecule is CCOC(=O)C(F)[C@@H](N)c1ccc(C)c(F)c1. The van der Waals surface area contributed by atoms with Gasteiger partial charge in [0.05, 0.1) is 12.6 Å². The molecule has 2 atom stereocenters. The number of carbonyl (C=O) groups is 1. The van der Waals surface area contributed by atoms with Gasteiger partial charge in [-0.05, 0) is 31.0 Å². The highest BCUT2D eigenvalue weighted by Gasteiger charge is 2.28. The van der Waals surface area contributed by atoms with Crippen LogP contribution in [-0.2, 0) is 9.53 Å². The van der Waals surface area contributed by atoms with Crippen molar-refractivity contribution in [3.05, 3.63) is 35.1 Å². The molecule has 94 valence electrons. The smallest absolute Gasteiger partial charge is 0.342 e. The van der Waals surface area contributed by atoms with Crippen LogP contribution < -0.4 is 5.73 Å². The van der Waals surface area contributed by atoms with Crippen LogP contribution in [0.2, 0.25) is 0 Å². The van der Waals surface area contributed by atoms with E-state index in [0.717, 1.165) is 6.07 Å². The van der Waals surface area contributed by atoms with E-state index in [1.54, 1.807) is 13.8 Å². The Morgan fingerprint density at radius 1 is 1.53 bits per heavy atom. The summed E-state index contributed by atoms with van der Waals surface area (Å²) in [5, 5.41) is 0. The number of nitrogens with two attached hydrogens (primary N) is 1. The Morgan fingerprint density at radius 3 is 2.71 bits per heavy atom. The minimum absolute atomic E-state index is 0.0776. The lowest BCUT2D eigenvalue weighted by atomic mass is 10.0. The highest BCUT2D eigenvalue weighted by atomic mass is 19.1. The van der Waals surface area contributed by atoms with Crippen molar-refractivity contribution in [1.82, 2.24) is 0 Å². The third-order valence-electron chi connectivity index (χ3n) is 2.41. The molecular formula is C12H15F2NO2. The molecule has 1 aromatic carbocycles. The van der Waals surface area contributed by atoms with E-state index in [-0.39, 0.29) is 12.2 Å². The molecular weight excluding hydrogens is 228 g/mol. The summed E-state index contributed by atoms with van der Waals surface area (Å²) in [5.74, 6) is -1.50. The fourth-order valence-electron chi connectivity index (χ4n) is 1.35. The molecule has 0 aliphatic rings. The van der Waals surface area contributed by atoms with Crippen molar-refractivity contribution in [2.24, 2.45) is 5.73 Å². The molecule has 0 bridgehead atoms. The van der Waals surface area contributed by atoms with Crippen molar-refractivity contribution in [2.45, 2.75) is 26.1 Å². The molecule has 0 heterocycles. The van der Waals surface area contributed by atoms with Gasteiger partial charge in [-0.25, -0.2) is 13.6 Å². The number of ether oxygens (including phenoxy) is 1. The van der Waals surface area contributed by atoms with E-state index in [1.807, 2.05) is 0 Å². The lowest BCUT2D eigenvalue weighted by molar-refractivity contribution is -0.149. The summed E-state index contributed by atoms with van der Waals surface area (Å²) >= 11 is 0. The minimum Gasteiger partial charge on any atom is -0.464 e. The number of halogens is 2. The number of carbonyl (C=O) groups excluding carboxylic acids is 1. The highest BCUT2D eigenvalue weighted by molar-refractivity contribution is 5.75. The largest absolute Gasteiger partial charge is 0.464 e. The van der Waals surface area contributed by atoms with Gasteiger partial charge in [-0.15, -0.1) is 0 Å². The summed E-state index contributed by atoms with van der Waals surface area (Å²) in [7, 11) is 0. The number of alkyl halides is 1. The average molecular weight is 243 g/mol. The Bertz CT molecular complexity index is 409. The molecule has 5 heteroatoms. The fraction of sp³-hybridized carbons (Fsp3) is 0.417. The topological polar surface area (TPSA) is 52.3 Å². The van der Waals surface area contributed by atoms with E-state index >= 15 is 0 Å². The Morgan fingerprint density at radius 2 is 2.18 bits per heavy atom. The zero-order valence-electron chi connectivity index (χ0n) is 9.74. The van der Waals surface area contributed by atoms with Crippen molar-refractivity contribution in [3.63, 3.8) is 0 Å². The van der Waals surface area contributed by atoms with E-state index in [4.69, 9.17) is 5.73 Å². The molecule has 1 aromatic rings. The van der Waals surface area contributed by atoms with Gasteiger partial charge in [-0.3, -0.25) is 0 Å². The molecule has 2 N–H and O–H groups in total. The molecule has 0 aliphatic carbocycles. The molecule has 0 saturated heterocycles. The van der Waals surface area contributed by atoms with Crippen LogP contribution in [0.5, 0.6) is 0 Å². The normalized spacial score (nSPS) is 14.2. The molecule has 0 aliphatic heterocycles. The van der Waals surface area contributed by atoms with E-state index in [2.05, 4.69) is 4.74 Å². The standard InChI is InChI=1S/C12H15F2NO2/c1-3-17-12(16)10(14)11(15)8-5-4-7(2)9(13)6-8/h4-6,10-11H,3,15H2,1-2H3/t10?,11-/m0/s1. The molecule has 3 nitrogen and oxygen atoms in total. The van der Waals surface area contributed by atoms with Crippen molar-refractivity contribution in [1.29, 1.82) is 0 Å². The average Bonchev–Trinajstić information content (AvgIpc) is 2.31. The second-order valence-corrected chi connectivity index (χ2v) is 3.69. The van der Waals surface area contributed by atoms with Gasteiger partial charge in [0.15, 0.2) is 0 Å². The molecule has 0 fully saturated rings. The van der Waals surface area contributed by atoms with Gasteiger partial charge in [0.2, 0.25) is 6.17 Å². The monoisotopic (exact) mass is 243 g/mol. The summed E-state index contributed by atoms with van der Waals surface area (Å²) in [4.78, 5) is 11.1. The Kier molecular flexibility index (Phi) is 4.57.